The lowest BCUT2D eigenvalue weighted by molar-refractivity contribution is 0.0525. The lowest BCUT2D eigenvalue weighted by atomic mass is 10.1. The molecule has 0 saturated heterocycles. The van der Waals surface area contributed by atoms with Crippen LogP contribution in [0, 0.1) is 13.8 Å². The fraction of sp³-hybridized carbons (Fsp3) is 0.368. The van der Waals surface area contributed by atoms with Gasteiger partial charge in [-0.25, -0.2) is 4.79 Å². The minimum atomic E-state index is -0.428. The van der Waals surface area contributed by atoms with E-state index in [4.69, 9.17) is 21.1 Å². The number of nitrogens with zero attached hydrogens (tertiary/aromatic N) is 1. The van der Waals surface area contributed by atoms with Crippen LogP contribution in [0.5, 0.6) is 5.75 Å². The quantitative estimate of drug-likeness (QED) is 0.747. The molecule has 7 heteroatoms. The van der Waals surface area contributed by atoms with Crippen LogP contribution in [0.3, 0.4) is 0 Å². The van der Waals surface area contributed by atoms with Gasteiger partial charge in [-0.3, -0.25) is 4.79 Å². The van der Waals surface area contributed by atoms with Gasteiger partial charge in [0.1, 0.15) is 18.1 Å². The van der Waals surface area contributed by atoms with Crippen LogP contribution in [-0.2, 0) is 4.74 Å². The summed E-state index contributed by atoms with van der Waals surface area (Å²) in [5, 5.41) is 0.524. The summed E-state index contributed by atoms with van der Waals surface area (Å²) >= 11 is 6.04. The molecule has 6 nitrogen and oxygen atoms in total. The number of rotatable bonds is 7. The molecule has 1 N–H and O–H groups in total. The number of nitrogens with one attached hydrogen (secondary N) is 1. The number of para-hydroxylation sites is 1. The number of aromatic amines is 1. The SMILES string of the molecule is CCOC(=O)c1c(C)[nH]c(C(=O)N(C)CCOc2ccccc2Cl)c1C. The number of aryl methyl sites for hydroxylation is 1. The molecule has 1 aromatic heterocycles. The Morgan fingerprint density at radius 2 is 1.92 bits per heavy atom. The lowest BCUT2D eigenvalue weighted by Crippen LogP contribution is -2.31. The lowest BCUT2D eigenvalue weighted by Gasteiger charge is -2.17. The molecule has 0 radical (unpaired) electrons. The van der Waals surface area contributed by atoms with Gasteiger partial charge in [0.25, 0.3) is 5.91 Å². The van der Waals surface area contributed by atoms with Crippen LogP contribution in [0.2, 0.25) is 5.02 Å². The number of benzene rings is 1. The molecule has 140 valence electrons. The first-order chi connectivity index (χ1) is 12.4. The number of esters is 1. The molecule has 1 heterocycles. The normalized spacial score (nSPS) is 10.5. The largest absolute Gasteiger partial charge is 0.490 e. The molecule has 0 fully saturated rings. The molecule has 1 amide bonds. The number of likely N-dealkylation sites (N-methyl/N-ethyl adjacent to an activating group) is 1. The topological polar surface area (TPSA) is 71.6 Å². The molecule has 2 aromatic rings. The summed E-state index contributed by atoms with van der Waals surface area (Å²) in [5.74, 6) is -0.0714. The second-order valence-electron chi connectivity index (χ2n) is 5.85. The third-order valence-corrected chi connectivity index (χ3v) is 4.31. The average Bonchev–Trinajstić information content (AvgIpc) is 2.90. The summed E-state index contributed by atoms with van der Waals surface area (Å²) in [6.45, 7) is 6.18. The highest BCUT2D eigenvalue weighted by Gasteiger charge is 2.24. The van der Waals surface area contributed by atoms with E-state index in [0.29, 0.717) is 46.4 Å². The third kappa shape index (κ3) is 4.38. The number of hydrogen-bond donors (Lipinski definition) is 1. The molecule has 0 aliphatic rings. The van der Waals surface area contributed by atoms with Crippen LogP contribution in [0.4, 0.5) is 0 Å². The first-order valence-corrected chi connectivity index (χ1v) is 8.73. The van der Waals surface area contributed by atoms with E-state index < -0.39 is 5.97 Å². The fourth-order valence-electron chi connectivity index (χ4n) is 2.62. The van der Waals surface area contributed by atoms with Gasteiger partial charge in [-0.05, 0) is 38.5 Å². The third-order valence-electron chi connectivity index (χ3n) is 4.00. The Morgan fingerprint density at radius 3 is 2.58 bits per heavy atom. The summed E-state index contributed by atoms with van der Waals surface area (Å²) in [6, 6.07) is 7.17. The van der Waals surface area contributed by atoms with Gasteiger partial charge in [-0.2, -0.15) is 0 Å². The molecule has 2 rings (SSSR count). The van der Waals surface area contributed by atoms with Gasteiger partial charge in [0, 0.05) is 12.7 Å². The second kappa shape index (κ2) is 8.76. The minimum Gasteiger partial charge on any atom is -0.490 e. The monoisotopic (exact) mass is 378 g/mol. The molecule has 0 spiro atoms. The Bertz CT molecular complexity index is 801. The predicted molar refractivity (Wildman–Crippen MR) is 100 cm³/mol. The molecular formula is C19H23ClN2O4. The van der Waals surface area contributed by atoms with Crippen LogP contribution >= 0.6 is 11.6 Å². The Hall–Kier alpha value is -2.47. The van der Waals surface area contributed by atoms with E-state index in [-0.39, 0.29) is 12.5 Å². The molecule has 0 unspecified atom stereocenters. The summed E-state index contributed by atoms with van der Waals surface area (Å²) in [5.41, 5.74) is 2.00. The first-order valence-electron chi connectivity index (χ1n) is 8.35. The van der Waals surface area contributed by atoms with E-state index in [1.807, 2.05) is 12.1 Å². The predicted octanol–water partition coefficient (Wildman–Crippen LogP) is 3.61. The van der Waals surface area contributed by atoms with Crippen molar-refractivity contribution in [3.05, 3.63) is 51.8 Å². The van der Waals surface area contributed by atoms with Gasteiger partial charge in [-0.15, -0.1) is 0 Å². The van der Waals surface area contributed by atoms with Crippen molar-refractivity contribution in [1.29, 1.82) is 0 Å². The van der Waals surface area contributed by atoms with E-state index >= 15 is 0 Å². The maximum absolute atomic E-state index is 12.7. The average molecular weight is 379 g/mol. The fourth-order valence-corrected chi connectivity index (χ4v) is 2.81. The van der Waals surface area contributed by atoms with E-state index in [9.17, 15) is 9.59 Å². The van der Waals surface area contributed by atoms with E-state index in [1.54, 1.807) is 40.0 Å². The van der Waals surface area contributed by atoms with Crippen molar-refractivity contribution in [1.82, 2.24) is 9.88 Å². The Balaban J connectivity index is 2.03. The van der Waals surface area contributed by atoms with Crippen molar-refractivity contribution in [2.75, 3.05) is 26.8 Å². The molecular weight excluding hydrogens is 356 g/mol. The van der Waals surface area contributed by atoms with Crippen LogP contribution in [0.1, 0.15) is 39.0 Å². The Kier molecular flexibility index (Phi) is 6.69. The van der Waals surface area contributed by atoms with Gasteiger partial charge >= 0.3 is 5.97 Å². The molecule has 0 aliphatic heterocycles. The van der Waals surface area contributed by atoms with Gasteiger partial charge < -0.3 is 19.4 Å². The summed E-state index contributed by atoms with van der Waals surface area (Å²) in [4.78, 5) is 29.3. The Labute approximate surface area is 158 Å². The summed E-state index contributed by atoms with van der Waals surface area (Å²) in [6.07, 6.45) is 0. The van der Waals surface area contributed by atoms with Crippen LogP contribution in [-0.4, -0.2) is 48.6 Å². The number of aromatic nitrogens is 1. The molecule has 0 aliphatic carbocycles. The van der Waals surface area contributed by atoms with Crippen LogP contribution in [0.25, 0.3) is 0 Å². The highest BCUT2D eigenvalue weighted by molar-refractivity contribution is 6.32. The maximum Gasteiger partial charge on any atom is 0.340 e. The van der Waals surface area contributed by atoms with E-state index in [2.05, 4.69) is 4.98 Å². The molecule has 0 bridgehead atoms. The number of H-pyrrole nitrogens is 1. The first kappa shape index (κ1) is 19.8. The van der Waals surface area contributed by atoms with Gasteiger partial charge in [0.15, 0.2) is 0 Å². The van der Waals surface area contributed by atoms with Crippen LogP contribution < -0.4 is 4.74 Å². The van der Waals surface area contributed by atoms with Crippen molar-refractivity contribution in [2.45, 2.75) is 20.8 Å². The molecule has 0 saturated carbocycles. The maximum atomic E-state index is 12.7. The minimum absolute atomic E-state index is 0.219. The number of halogens is 1. The smallest absolute Gasteiger partial charge is 0.340 e. The summed E-state index contributed by atoms with van der Waals surface area (Å²) < 4.78 is 10.7. The zero-order chi connectivity index (χ0) is 19.3. The van der Waals surface area contributed by atoms with Gasteiger partial charge in [0.05, 0.1) is 23.7 Å². The number of hydrogen-bond acceptors (Lipinski definition) is 4. The number of carbonyl (C=O) groups is 2. The highest BCUT2D eigenvalue weighted by Crippen LogP contribution is 2.23. The molecule has 26 heavy (non-hydrogen) atoms. The van der Waals surface area contributed by atoms with Crippen molar-refractivity contribution >= 4 is 23.5 Å². The van der Waals surface area contributed by atoms with Gasteiger partial charge in [-0.1, -0.05) is 23.7 Å². The number of carbonyl (C=O) groups excluding carboxylic acids is 2. The molecule has 1 aromatic carbocycles. The van der Waals surface area contributed by atoms with Crippen molar-refractivity contribution in [3.63, 3.8) is 0 Å². The Morgan fingerprint density at radius 1 is 1.23 bits per heavy atom. The van der Waals surface area contributed by atoms with Crippen LogP contribution in [0.15, 0.2) is 24.3 Å². The van der Waals surface area contributed by atoms with Gasteiger partial charge in [0.2, 0.25) is 0 Å². The van der Waals surface area contributed by atoms with E-state index in [1.165, 1.54) is 4.90 Å². The zero-order valence-electron chi connectivity index (χ0n) is 15.4. The standard InChI is InChI=1S/C19H23ClN2O4/c1-5-25-19(24)16-12(2)17(21-13(16)3)18(23)22(4)10-11-26-15-9-7-6-8-14(15)20/h6-9,21H,5,10-11H2,1-4H3. The summed E-state index contributed by atoms with van der Waals surface area (Å²) in [7, 11) is 1.68. The van der Waals surface area contributed by atoms with Crippen molar-refractivity contribution in [3.8, 4) is 5.75 Å². The number of ether oxygens (including phenoxy) is 2. The zero-order valence-corrected chi connectivity index (χ0v) is 16.1. The highest BCUT2D eigenvalue weighted by atomic mass is 35.5. The van der Waals surface area contributed by atoms with Crippen molar-refractivity contribution in [2.24, 2.45) is 0 Å². The van der Waals surface area contributed by atoms with Crippen molar-refractivity contribution < 1.29 is 19.1 Å². The second-order valence-corrected chi connectivity index (χ2v) is 6.26. The number of amides is 1. The molecule has 0 atom stereocenters. The van der Waals surface area contributed by atoms with E-state index in [0.717, 1.165) is 0 Å².